The zero-order valence-corrected chi connectivity index (χ0v) is 29.2. The Morgan fingerprint density at radius 3 is 1.69 bits per heavy atom. The fourth-order valence-electron chi connectivity index (χ4n) is 9.14. The Balaban J connectivity index is 1.03. The molecule has 0 N–H and O–H groups in total. The van der Waals surface area contributed by atoms with E-state index in [1.165, 1.54) is 105 Å². The predicted octanol–water partition coefficient (Wildman–Crippen LogP) is 13.4. The Labute approximate surface area is 311 Å². The van der Waals surface area contributed by atoms with Crippen LogP contribution < -0.4 is 0 Å². The van der Waals surface area contributed by atoms with E-state index in [1.807, 2.05) is 12.4 Å². The molecule has 3 heteroatoms. The number of hydrogen-bond donors (Lipinski definition) is 0. The molecule has 0 amide bonds. The minimum absolute atomic E-state index is 1.16. The summed E-state index contributed by atoms with van der Waals surface area (Å²) in [7, 11) is 0. The Morgan fingerprint density at radius 2 is 0.944 bits per heavy atom. The number of benzene rings is 8. The van der Waals surface area contributed by atoms with E-state index in [-0.39, 0.29) is 0 Å². The van der Waals surface area contributed by atoms with Crippen molar-refractivity contribution in [3.05, 3.63) is 188 Å². The number of rotatable bonds is 4. The van der Waals surface area contributed by atoms with Gasteiger partial charge in [0.25, 0.3) is 0 Å². The van der Waals surface area contributed by atoms with E-state index in [0.29, 0.717) is 0 Å². The molecule has 0 bridgehead atoms. The van der Waals surface area contributed by atoms with Crippen molar-refractivity contribution in [3.8, 4) is 55.9 Å². The van der Waals surface area contributed by atoms with Gasteiger partial charge in [-0.25, -0.2) is 0 Å². The van der Waals surface area contributed by atoms with Crippen LogP contribution in [0.1, 0.15) is 0 Å². The first-order valence-corrected chi connectivity index (χ1v) is 18.5. The van der Waals surface area contributed by atoms with Crippen molar-refractivity contribution >= 4 is 54.4 Å². The SMILES string of the molecule is c1ccc(-c2cccc(-n3c4ccccc4c4cc(-c5ccc6c(c5)c5ccccc5n6-c5cc6c7c(cccc7c5)-c5cnccc5-6)ccc43)c2)cc1. The zero-order valence-electron chi connectivity index (χ0n) is 29.2. The lowest BCUT2D eigenvalue weighted by Gasteiger charge is -2.12. The van der Waals surface area contributed by atoms with Crippen LogP contribution in [0, 0.1) is 0 Å². The normalized spacial score (nSPS) is 12.1. The first kappa shape index (κ1) is 29.4. The molecule has 8 aromatic carbocycles. The molecule has 0 radical (unpaired) electrons. The molecule has 0 fully saturated rings. The maximum Gasteiger partial charge on any atom is 0.0541 e. The van der Waals surface area contributed by atoms with Gasteiger partial charge in [-0.3, -0.25) is 4.98 Å². The molecule has 3 aromatic heterocycles. The molecule has 3 heterocycles. The molecular weight excluding hydrogens is 655 g/mol. The van der Waals surface area contributed by atoms with Crippen LogP contribution in [0.5, 0.6) is 0 Å². The van der Waals surface area contributed by atoms with E-state index in [0.717, 1.165) is 5.69 Å². The van der Waals surface area contributed by atoms with Gasteiger partial charge in [-0.1, -0.05) is 109 Å². The van der Waals surface area contributed by atoms with Gasteiger partial charge in [0, 0.05) is 50.9 Å². The molecule has 0 saturated heterocycles. The molecule has 0 unspecified atom stereocenters. The molecule has 0 aliphatic heterocycles. The summed E-state index contributed by atoms with van der Waals surface area (Å²) in [5.41, 5.74) is 17.0. The molecule has 11 aromatic rings. The summed E-state index contributed by atoms with van der Waals surface area (Å²) in [6, 6.07) is 64.6. The van der Waals surface area contributed by atoms with Crippen molar-refractivity contribution in [2.45, 2.75) is 0 Å². The van der Waals surface area contributed by atoms with Gasteiger partial charge in [0.1, 0.15) is 0 Å². The quantitative estimate of drug-likeness (QED) is 0.181. The highest BCUT2D eigenvalue weighted by Crippen LogP contribution is 2.48. The largest absolute Gasteiger partial charge is 0.309 e. The molecule has 1 aliphatic carbocycles. The topological polar surface area (TPSA) is 22.8 Å². The summed E-state index contributed by atoms with van der Waals surface area (Å²) in [6.07, 6.45) is 3.91. The second-order valence-corrected chi connectivity index (χ2v) is 14.4. The third kappa shape index (κ3) is 4.15. The van der Waals surface area contributed by atoms with Crippen molar-refractivity contribution < 1.29 is 0 Å². The lowest BCUT2D eigenvalue weighted by Crippen LogP contribution is -1.95. The Morgan fingerprint density at radius 1 is 0.333 bits per heavy atom. The van der Waals surface area contributed by atoms with E-state index >= 15 is 0 Å². The summed E-state index contributed by atoms with van der Waals surface area (Å²) < 4.78 is 4.85. The van der Waals surface area contributed by atoms with Gasteiger partial charge >= 0.3 is 0 Å². The Bertz CT molecular complexity index is 3330. The van der Waals surface area contributed by atoms with Crippen LogP contribution in [0.3, 0.4) is 0 Å². The third-order valence-electron chi connectivity index (χ3n) is 11.5. The van der Waals surface area contributed by atoms with E-state index in [1.54, 1.807) is 0 Å². The minimum atomic E-state index is 1.16. The summed E-state index contributed by atoms with van der Waals surface area (Å²) in [4.78, 5) is 4.47. The van der Waals surface area contributed by atoms with Crippen LogP contribution in [0.2, 0.25) is 0 Å². The van der Waals surface area contributed by atoms with E-state index in [2.05, 4.69) is 190 Å². The second kappa shape index (κ2) is 11.1. The van der Waals surface area contributed by atoms with Gasteiger partial charge in [-0.2, -0.15) is 0 Å². The van der Waals surface area contributed by atoms with Crippen molar-refractivity contribution in [1.82, 2.24) is 14.1 Å². The number of nitrogens with zero attached hydrogens (tertiary/aromatic N) is 3. The maximum absolute atomic E-state index is 4.47. The molecule has 1 aliphatic rings. The highest BCUT2D eigenvalue weighted by atomic mass is 15.0. The second-order valence-electron chi connectivity index (χ2n) is 14.4. The fraction of sp³-hybridized carbons (Fsp3) is 0. The first-order chi connectivity index (χ1) is 26.8. The van der Waals surface area contributed by atoms with Crippen LogP contribution in [0.15, 0.2) is 188 Å². The highest BCUT2D eigenvalue weighted by molar-refractivity contribution is 6.17. The molecular formula is C51H31N3. The van der Waals surface area contributed by atoms with Gasteiger partial charge in [-0.15, -0.1) is 0 Å². The van der Waals surface area contributed by atoms with Crippen LogP contribution in [0.25, 0.3) is 110 Å². The van der Waals surface area contributed by atoms with Crippen LogP contribution in [0.4, 0.5) is 0 Å². The van der Waals surface area contributed by atoms with Crippen molar-refractivity contribution in [1.29, 1.82) is 0 Å². The molecule has 250 valence electrons. The van der Waals surface area contributed by atoms with Crippen LogP contribution >= 0.6 is 0 Å². The van der Waals surface area contributed by atoms with Crippen LogP contribution in [-0.2, 0) is 0 Å². The van der Waals surface area contributed by atoms with E-state index < -0.39 is 0 Å². The van der Waals surface area contributed by atoms with Gasteiger partial charge in [0.15, 0.2) is 0 Å². The molecule has 0 spiro atoms. The average Bonchev–Trinajstić information content (AvgIpc) is 3.87. The molecule has 0 atom stereocenters. The van der Waals surface area contributed by atoms with Gasteiger partial charge in [0.05, 0.1) is 22.1 Å². The molecule has 0 saturated carbocycles. The van der Waals surface area contributed by atoms with Crippen molar-refractivity contribution in [3.63, 3.8) is 0 Å². The third-order valence-corrected chi connectivity index (χ3v) is 11.5. The van der Waals surface area contributed by atoms with Gasteiger partial charge in [0.2, 0.25) is 0 Å². The standard InChI is InChI=1S/C51H31N3/c1-2-10-32(11-3-1)33-12-8-14-37(26-33)53-47-18-6-4-15-40(47)43-28-34(20-22-49(43)53)35-21-23-50-44(29-35)41-16-5-7-19-48(41)54(50)38-27-36-13-9-17-42-46-31-52-25-24-39(46)45(30-38)51(36)42/h1-31H. The number of fused-ring (bicyclic) bond motifs is 9. The molecule has 3 nitrogen and oxygen atoms in total. The number of para-hydroxylation sites is 2. The molecule has 12 rings (SSSR count). The van der Waals surface area contributed by atoms with Crippen molar-refractivity contribution in [2.24, 2.45) is 0 Å². The monoisotopic (exact) mass is 685 g/mol. The summed E-state index contributed by atoms with van der Waals surface area (Å²) >= 11 is 0. The zero-order chi connectivity index (χ0) is 35.3. The Hall–Kier alpha value is -7.23. The van der Waals surface area contributed by atoms with Crippen LogP contribution in [-0.4, -0.2) is 14.1 Å². The smallest absolute Gasteiger partial charge is 0.0541 e. The van der Waals surface area contributed by atoms with E-state index in [4.69, 9.17) is 0 Å². The average molecular weight is 686 g/mol. The lowest BCUT2D eigenvalue weighted by atomic mass is 10.0. The Kier molecular flexibility index (Phi) is 6.05. The number of hydrogen-bond acceptors (Lipinski definition) is 1. The number of aromatic nitrogens is 3. The summed E-state index contributed by atoms with van der Waals surface area (Å²) in [6.45, 7) is 0. The fourth-order valence-corrected chi connectivity index (χ4v) is 9.14. The van der Waals surface area contributed by atoms with E-state index in [9.17, 15) is 0 Å². The van der Waals surface area contributed by atoms with Crippen molar-refractivity contribution in [2.75, 3.05) is 0 Å². The maximum atomic E-state index is 4.47. The first-order valence-electron chi connectivity index (χ1n) is 18.5. The lowest BCUT2D eigenvalue weighted by molar-refractivity contribution is 1.18. The highest BCUT2D eigenvalue weighted by Gasteiger charge is 2.23. The number of pyridine rings is 1. The van der Waals surface area contributed by atoms with Gasteiger partial charge in [-0.05, 0) is 116 Å². The molecule has 54 heavy (non-hydrogen) atoms. The summed E-state index contributed by atoms with van der Waals surface area (Å²) in [5.74, 6) is 0. The predicted molar refractivity (Wildman–Crippen MR) is 226 cm³/mol. The summed E-state index contributed by atoms with van der Waals surface area (Å²) in [5, 5.41) is 7.56. The van der Waals surface area contributed by atoms with Gasteiger partial charge < -0.3 is 9.13 Å². The minimum Gasteiger partial charge on any atom is -0.309 e.